The molecule has 19 heavy (non-hydrogen) atoms. The van der Waals surface area contributed by atoms with E-state index in [0.29, 0.717) is 6.54 Å². The molecule has 2 aromatic rings. The molecule has 1 aromatic heterocycles. The molecule has 102 valence electrons. The highest BCUT2D eigenvalue weighted by Gasteiger charge is 2.18. The van der Waals surface area contributed by atoms with Gasteiger partial charge in [-0.3, -0.25) is 4.68 Å². The summed E-state index contributed by atoms with van der Waals surface area (Å²) < 4.78 is 1.96. The van der Waals surface area contributed by atoms with Crippen LogP contribution in [-0.2, 0) is 13.6 Å². The second-order valence-corrected chi connectivity index (χ2v) is 5.38. The van der Waals surface area contributed by atoms with Gasteiger partial charge in [0.1, 0.15) is 0 Å². The molecular weight excluding hydrogens is 234 g/mol. The highest BCUT2D eigenvalue weighted by Crippen LogP contribution is 2.34. The predicted molar refractivity (Wildman–Crippen MR) is 80.2 cm³/mol. The van der Waals surface area contributed by atoms with E-state index in [1.807, 2.05) is 11.7 Å². The monoisotopic (exact) mass is 257 g/mol. The van der Waals surface area contributed by atoms with Crippen molar-refractivity contribution in [3.63, 3.8) is 0 Å². The largest absolute Gasteiger partial charge is 0.325 e. The fourth-order valence-corrected chi connectivity index (χ4v) is 2.80. The van der Waals surface area contributed by atoms with Crippen LogP contribution in [0.3, 0.4) is 0 Å². The van der Waals surface area contributed by atoms with E-state index >= 15 is 0 Å². The third-order valence-electron chi connectivity index (χ3n) is 4.18. The second-order valence-electron chi connectivity index (χ2n) is 5.38. The van der Waals surface area contributed by atoms with E-state index in [4.69, 9.17) is 5.73 Å². The molecule has 1 aromatic carbocycles. The number of nitrogens with zero attached hydrogens (tertiary/aromatic N) is 2. The number of nitrogens with two attached hydrogens (primary N) is 1. The molecular formula is C16H23N3. The minimum absolute atomic E-state index is 0.489. The van der Waals surface area contributed by atoms with Gasteiger partial charge < -0.3 is 5.73 Å². The van der Waals surface area contributed by atoms with E-state index in [2.05, 4.69) is 45.8 Å². The molecule has 0 aliphatic heterocycles. The van der Waals surface area contributed by atoms with Crippen LogP contribution in [0.5, 0.6) is 0 Å². The molecule has 1 heterocycles. The zero-order valence-corrected chi connectivity index (χ0v) is 12.8. The summed E-state index contributed by atoms with van der Waals surface area (Å²) in [5, 5.41) is 4.54. The minimum Gasteiger partial charge on any atom is -0.325 e. The van der Waals surface area contributed by atoms with Gasteiger partial charge in [-0.15, -0.1) is 0 Å². The molecule has 3 nitrogen and oxygen atoms in total. The van der Waals surface area contributed by atoms with Crippen molar-refractivity contribution in [2.75, 3.05) is 0 Å². The third kappa shape index (κ3) is 2.08. The maximum absolute atomic E-state index is 5.77. The van der Waals surface area contributed by atoms with E-state index in [1.165, 1.54) is 39.1 Å². The summed E-state index contributed by atoms with van der Waals surface area (Å²) in [5.41, 5.74) is 15.8. The molecule has 0 saturated heterocycles. The fraction of sp³-hybridized carbons (Fsp3) is 0.438. The van der Waals surface area contributed by atoms with E-state index in [-0.39, 0.29) is 0 Å². The van der Waals surface area contributed by atoms with Gasteiger partial charge in [-0.25, -0.2) is 0 Å². The van der Waals surface area contributed by atoms with Crippen LogP contribution >= 0.6 is 0 Å². The highest BCUT2D eigenvalue weighted by molar-refractivity contribution is 5.73. The first kappa shape index (κ1) is 13.8. The van der Waals surface area contributed by atoms with Crippen LogP contribution in [0.2, 0.25) is 0 Å². The van der Waals surface area contributed by atoms with Crippen molar-refractivity contribution in [3.8, 4) is 11.3 Å². The Balaban J connectivity index is 2.83. The van der Waals surface area contributed by atoms with Crippen LogP contribution in [-0.4, -0.2) is 9.78 Å². The molecule has 0 radical (unpaired) electrons. The van der Waals surface area contributed by atoms with Crippen molar-refractivity contribution in [1.82, 2.24) is 9.78 Å². The average molecular weight is 257 g/mol. The topological polar surface area (TPSA) is 43.8 Å². The normalized spacial score (nSPS) is 11.1. The predicted octanol–water partition coefficient (Wildman–Crippen LogP) is 3.09. The number of hydrogen-bond acceptors (Lipinski definition) is 2. The number of hydrogen-bond donors (Lipinski definition) is 1. The van der Waals surface area contributed by atoms with Gasteiger partial charge in [-0.05, 0) is 62.4 Å². The zero-order chi connectivity index (χ0) is 14.3. The van der Waals surface area contributed by atoms with Crippen molar-refractivity contribution in [1.29, 1.82) is 0 Å². The quantitative estimate of drug-likeness (QED) is 0.898. The lowest BCUT2D eigenvalue weighted by Gasteiger charge is -2.16. The summed E-state index contributed by atoms with van der Waals surface area (Å²) >= 11 is 0. The molecule has 3 heteroatoms. The van der Waals surface area contributed by atoms with Crippen LogP contribution in [0.4, 0.5) is 0 Å². The molecule has 2 N–H and O–H groups in total. The van der Waals surface area contributed by atoms with Crippen molar-refractivity contribution < 1.29 is 0 Å². The average Bonchev–Trinajstić information content (AvgIpc) is 2.64. The van der Waals surface area contributed by atoms with E-state index in [1.54, 1.807) is 0 Å². The summed E-state index contributed by atoms with van der Waals surface area (Å²) in [6.45, 7) is 11.3. The summed E-state index contributed by atoms with van der Waals surface area (Å²) in [6, 6.07) is 2.25. The van der Waals surface area contributed by atoms with Crippen LogP contribution in [0.15, 0.2) is 6.07 Å². The molecule has 0 amide bonds. The zero-order valence-electron chi connectivity index (χ0n) is 12.8. The summed E-state index contributed by atoms with van der Waals surface area (Å²) in [5.74, 6) is 0. The molecule has 0 unspecified atom stereocenters. The summed E-state index contributed by atoms with van der Waals surface area (Å²) in [4.78, 5) is 0. The van der Waals surface area contributed by atoms with E-state index in [9.17, 15) is 0 Å². The first-order valence-corrected chi connectivity index (χ1v) is 6.68. The van der Waals surface area contributed by atoms with Crippen molar-refractivity contribution >= 4 is 0 Å². The number of benzene rings is 1. The molecule has 0 saturated carbocycles. The Morgan fingerprint density at radius 3 is 1.95 bits per heavy atom. The Morgan fingerprint density at radius 1 is 1.00 bits per heavy atom. The third-order valence-corrected chi connectivity index (χ3v) is 4.18. The SMILES string of the molecule is Cc1cc(C)c(C)c(-c2c(C)c(CN)nn2C)c1C. The maximum Gasteiger partial charge on any atom is 0.0795 e. The second kappa shape index (κ2) is 4.82. The summed E-state index contributed by atoms with van der Waals surface area (Å²) in [6.07, 6.45) is 0. The fourth-order valence-electron chi connectivity index (χ4n) is 2.80. The van der Waals surface area contributed by atoms with Gasteiger partial charge in [0.15, 0.2) is 0 Å². The Kier molecular flexibility index (Phi) is 3.50. The van der Waals surface area contributed by atoms with Crippen LogP contribution in [0, 0.1) is 34.6 Å². The maximum atomic E-state index is 5.77. The van der Waals surface area contributed by atoms with Crippen molar-refractivity contribution in [2.45, 2.75) is 41.2 Å². The first-order chi connectivity index (χ1) is 8.88. The van der Waals surface area contributed by atoms with Gasteiger partial charge in [0.05, 0.1) is 11.4 Å². The lowest BCUT2D eigenvalue weighted by molar-refractivity contribution is 0.748. The molecule has 0 fully saturated rings. The molecule has 0 spiro atoms. The van der Waals surface area contributed by atoms with E-state index < -0.39 is 0 Å². The van der Waals surface area contributed by atoms with Gasteiger partial charge in [-0.1, -0.05) is 6.07 Å². The van der Waals surface area contributed by atoms with Crippen LogP contribution < -0.4 is 5.73 Å². The van der Waals surface area contributed by atoms with Crippen LogP contribution in [0.25, 0.3) is 11.3 Å². The molecule has 0 atom stereocenters. The Hall–Kier alpha value is -1.61. The molecule has 0 aliphatic rings. The summed E-state index contributed by atoms with van der Waals surface area (Å²) in [7, 11) is 2.00. The lowest BCUT2D eigenvalue weighted by atomic mass is 9.90. The van der Waals surface area contributed by atoms with Gasteiger partial charge in [-0.2, -0.15) is 5.10 Å². The minimum atomic E-state index is 0.489. The number of aryl methyl sites for hydroxylation is 3. The standard InChI is InChI=1S/C16H23N3/c1-9-7-10(2)12(4)15(11(9)3)16-13(5)14(8-17)18-19(16)6/h7H,8,17H2,1-6H3. The number of rotatable bonds is 2. The Labute approximate surface area is 115 Å². The first-order valence-electron chi connectivity index (χ1n) is 6.68. The molecule has 0 bridgehead atoms. The lowest BCUT2D eigenvalue weighted by Crippen LogP contribution is -2.01. The van der Waals surface area contributed by atoms with Gasteiger partial charge in [0.25, 0.3) is 0 Å². The van der Waals surface area contributed by atoms with Gasteiger partial charge >= 0.3 is 0 Å². The van der Waals surface area contributed by atoms with Crippen LogP contribution in [0.1, 0.15) is 33.5 Å². The molecule has 0 aliphatic carbocycles. The van der Waals surface area contributed by atoms with E-state index in [0.717, 1.165) is 5.69 Å². The van der Waals surface area contributed by atoms with Crippen molar-refractivity contribution in [2.24, 2.45) is 12.8 Å². The Morgan fingerprint density at radius 2 is 1.53 bits per heavy atom. The van der Waals surface area contributed by atoms with Gasteiger partial charge in [0, 0.05) is 19.2 Å². The smallest absolute Gasteiger partial charge is 0.0795 e. The Bertz CT molecular complexity index is 610. The van der Waals surface area contributed by atoms with Gasteiger partial charge in [0.2, 0.25) is 0 Å². The highest BCUT2D eigenvalue weighted by atomic mass is 15.3. The molecule has 2 rings (SSSR count). The number of aromatic nitrogens is 2. The van der Waals surface area contributed by atoms with Crippen molar-refractivity contribution in [3.05, 3.63) is 39.6 Å².